The van der Waals surface area contributed by atoms with E-state index < -0.39 is 10.0 Å². The van der Waals surface area contributed by atoms with Gasteiger partial charge < -0.3 is 4.57 Å². The third-order valence-corrected chi connectivity index (χ3v) is 4.62. The minimum atomic E-state index is -3.52. The fourth-order valence-corrected chi connectivity index (χ4v) is 3.34. The van der Waals surface area contributed by atoms with E-state index in [1.807, 2.05) is 12.1 Å². The molecule has 0 amide bonds. The van der Waals surface area contributed by atoms with E-state index >= 15 is 0 Å². The number of sulfonamides is 1. The number of hydrogen-bond acceptors (Lipinski definition) is 4. The molecule has 0 spiro atoms. The molecule has 6 nitrogen and oxygen atoms in total. The molecule has 7 heteroatoms. The summed E-state index contributed by atoms with van der Waals surface area (Å²) in [5, 5.41) is 0.0813. The third kappa shape index (κ3) is 1.72. The van der Waals surface area contributed by atoms with Crippen LogP contribution in [-0.2, 0) is 30.2 Å². The maximum atomic E-state index is 12.3. The van der Waals surface area contributed by atoms with Gasteiger partial charge in [-0.3, -0.25) is 4.98 Å². The molecule has 2 aromatic heterocycles. The summed E-state index contributed by atoms with van der Waals surface area (Å²) in [5.41, 5.74) is 1.77. The lowest BCUT2D eigenvalue weighted by Gasteiger charge is -2.12. The fraction of sp³-hybridized carbons (Fsp3) is 0.273. The minimum absolute atomic E-state index is 0.0813. The van der Waals surface area contributed by atoms with Crippen molar-refractivity contribution in [2.75, 3.05) is 0 Å². The highest BCUT2D eigenvalue weighted by atomic mass is 32.2. The average molecular weight is 264 g/mol. The predicted octanol–water partition coefficient (Wildman–Crippen LogP) is 0.520. The number of aromatic nitrogens is 3. The molecule has 0 aliphatic carbocycles. The maximum absolute atomic E-state index is 12.3. The van der Waals surface area contributed by atoms with Crippen molar-refractivity contribution in [1.82, 2.24) is 18.8 Å². The fourth-order valence-electron chi connectivity index (χ4n) is 1.99. The van der Waals surface area contributed by atoms with Crippen LogP contribution < -0.4 is 0 Å². The Morgan fingerprint density at radius 3 is 2.78 bits per heavy atom. The van der Waals surface area contributed by atoms with Crippen LogP contribution >= 0.6 is 0 Å². The van der Waals surface area contributed by atoms with Crippen LogP contribution in [0.15, 0.2) is 35.9 Å². The lowest BCUT2D eigenvalue weighted by atomic mass is 10.2. The molecule has 0 saturated heterocycles. The molecular weight excluding hydrogens is 252 g/mol. The first kappa shape index (κ1) is 11.4. The van der Waals surface area contributed by atoms with Gasteiger partial charge in [0, 0.05) is 26.0 Å². The Bertz CT molecular complexity index is 668. The molecule has 0 bridgehead atoms. The van der Waals surface area contributed by atoms with Crippen LogP contribution in [0.5, 0.6) is 0 Å². The Kier molecular flexibility index (Phi) is 2.46. The monoisotopic (exact) mass is 264 g/mol. The number of nitrogens with zero attached hydrogens (tertiary/aromatic N) is 4. The van der Waals surface area contributed by atoms with Crippen molar-refractivity contribution in [3.8, 4) is 0 Å². The molecule has 0 atom stereocenters. The van der Waals surface area contributed by atoms with Crippen LogP contribution in [0, 0.1) is 0 Å². The Balaban J connectivity index is 1.95. The van der Waals surface area contributed by atoms with Gasteiger partial charge in [-0.1, -0.05) is 6.07 Å². The van der Waals surface area contributed by atoms with Gasteiger partial charge in [0.25, 0.3) is 10.0 Å². The number of hydrogen-bond donors (Lipinski definition) is 0. The number of pyridine rings is 1. The van der Waals surface area contributed by atoms with E-state index in [0.717, 1.165) is 11.3 Å². The first-order chi connectivity index (χ1) is 8.57. The quantitative estimate of drug-likeness (QED) is 0.793. The van der Waals surface area contributed by atoms with Gasteiger partial charge >= 0.3 is 0 Å². The number of imidazole rings is 1. The second-order valence-electron chi connectivity index (χ2n) is 4.26. The number of fused-ring (bicyclic) bond motifs is 1. The Morgan fingerprint density at radius 2 is 2.11 bits per heavy atom. The summed E-state index contributed by atoms with van der Waals surface area (Å²) < 4.78 is 27.7. The van der Waals surface area contributed by atoms with Gasteiger partial charge in [0.15, 0.2) is 5.03 Å². The van der Waals surface area contributed by atoms with Gasteiger partial charge in [-0.15, -0.1) is 0 Å². The molecule has 1 aliphatic heterocycles. The summed E-state index contributed by atoms with van der Waals surface area (Å²) in [4.78, 5) is 8.10. The summed E-state index contributed by atoms with van der Waals surface area (Å²) in [6, 6.07) is 3.71. The van der Waals surface area contributed by atoms with Crippen molar-refractivity contribution in [2.24, 2.45) is 7.05 Å². The lowest BCUT2D eigenvalue weighted by Crippen LogP contribution is -2.26. The predicted molar refractivity (Wildman–Crippen MR) is 63.9 cm³/mol. The van der Waals surface area contributed by atoms with E-state index in [9.17, 15) is 8.42 Å². The number of aryl methyl sites for hydroxylation is 1. The van der Waals surface area contributed by atoms with Crippen molar-refractivity contribution in [3.63, 3.8) is 0 Å². The van der Waals surface area contributed by atoms with E-state index in [1.54, 1.807) is 17.8 Å². The highest BCUT2D eigenvalue weighted by Crippen LogP contribution is 2.26. The Hall–Kier alpha value is -1.73. The highest BCUT2D eigenvalue weighted by Gasteiger charge is 2.32. The van der Waals surface area contributed by atoms with Gasteiger partial charge in [-0.2, -0.15) is 4.31 Å². The Labute approximate surface area is 105 Å². The lowest BCUT2D eigenvalue weighted by molar-refractivity contribution is 0.427. The SMILES string of the molecule is Cn1cnc(S(=O)(=O)N2Cc3cccnc3C2)c1. The minimum Gasteiger partial charge on any atom is -0.339 e. The van der Waals surface area contributed by atoms with Crippen LogP contribution in [-0.4, -0.2) is 27.3 Å². The van der Waals surface area contributed by atoms with Crippen molar-refractivity contribution >= 4 is 10.0 Å². The van der Waals surface area contributed by atoms with Gasteiger partial charge in [0.05, 0.1) is 18.6 Å². The zero-order valence-electron chi connectivity index (χ0n) is 9.81. The second kappa shape index (κ2) is 3.89. The summed E-state index contributed by atoms with van der Waals surface area (Å²) >= 11 is 0. The van der Waals surface area contributed by atoms with E-state index in [2.05, 4.69) is 9.97 Å². The van der Waals surface area contributed by atoms with Crippen molar-refractivity contribution in [2.45, 2.75) is 18.1 Å². The van der Waals surface area contributed by atoms with Gasteiger partial charge in [0.2, 0.25) is 0 Å². The van der Waals surface area contributed by atoms with E-state index in [0.29, 0.717) is 13.1 Å². The molecule has 1 aliphatic rings. The second-order valence-corrected chi connectivity index (χ2v) is 6.14. The van der Waals surface area contributed by atoms with Crippen LogP contribution in [0.3, 0.4) is 0 Å². The molecule has 2 aromatic rings. The zero-order valence-corrected chi connectivity index (χ0v) is 10.6. The molecule has 18 heavy (non-hydrogen) atoms. The molecule has 0 N–H and O–H groups in total. The summed E-state index contributed by atoms with van der Waals surface area (Å²) in [6.07, 6.45) is 4.66. The smallest absolute Gasteiger partial charge is 0.262 e. The van der Waals surface area contributed by atoms with Crippen LogP contribution in [0.4, 0.5) is 0 Å². The molecule has 0 unspecified atom stereocenters. The van der Waals surface area contributed by atoms with Crippen molar-refractivity contribution < 1.29 is 8.42 Å². The first-order valence-electron chi connectivity index (χ1n) is 5.48. The summed E-state index contributed by atoms with van der Waals surface area (Å²) in [5.74, 6) is 0. The molecule has 0 fully saturated rings. The summed E-state index contributed by atoms with van der Waals surface area (Å²) in [6.45, 7) is 0.678. The van der Waals surface area contributed by atoms with E-state index in [1.165, 1.54) is 16.8 Å². The van der Waals surface area contributed by atoms with Crippen LogP contribution in [0.1, 0.15) is 11.3 Å². The molecule has 94 valence electrons. The maximum Gasteiger partial charge on any atom is 0.262 e. The number of rotatable bonds is 2. The van der Waals surface area contributed by atoms with Crippen LogP contribution in [0.2, 0.25) is 0 Å². The van der Waals surface area contributed by atoms with Gasteiger partial charge in [-0.05, 0) is 11.6 Å². The largest absolute Gasteiger partial charge is 0.339 e. The molecule has 3 rings (SSSR count). The molecule has 0 saturated carbocycles. The Morgan fingerprint density at radius 1 is 1.28 bits per heavy atom. The van der Waals surface area contributed by atoms with Crippen molar-refractivity contribution in [3.05, 3.63) is 42.1 Å². The summed E-state index contributed by atoms with van der Waals surface area (Å²) in [7, 11) is -1.78. The van der Waals surface area contributed by atoms with Gasteiger partial charge in [-0.25, -0.2) is 13.4 Å². The average Bonchev–Trinajstić information content (AvgIpc) is 2.94. The third-order valence-electron chi connectivity index (χ3n) is 2.94. The molecule has 0 radical (unpaired) electrons. The van der Waals surface area contributed by atoms with Gasteiger partial charge in [0.1, 0.15) is 0 Å². The molecule has 3 heterocycles. The van der Waals surface area contributed by atoms with Crippen molar-refractivity contribution in [1.29, 1.82) is 0 Å². The van der Waals surface area contributed by atoms with Crippen LogP contribution in [0.25, 0.3) is 0 Å². The van der Waals surface area contributed by atoms with E-state index in [4.69, 9.17) is 0 Å². The highest BCUT2D eigenvalue weighted by molar-refractivity contribution is 7.89. The standard InChI is InChI=1S/C11H12N4O2S/c1-14-7-11(13-8-14)18(16,17)15-5-9-3-2-4-12-10(9)6-15/h2-4,7-8H,5-6H2,1H3. The van der Waals surface area contributed by atoms with E-state index in [-0.39, 0.29) is 5.03 Å². The zero-order chi connectivity index (χ0) is 12.8. The normalized spacial score (nSPS) is 15.8. The molecule has 0 aromatic carbocycles. The topological polar surface area (TPSA) is 68.1 Å². The molecular formula is C11H12N4O2S. The first-order valence-corrected chi connectivity index (χ1v) is 6.92.